The Morgan fingerprint density at radius 3 is 2.68 bits per heavy atom. The smallest absolute Gasteiger partial charge is 0.191 e. The van der Waals surface area contributed by atoms with E-state index in [0.717, 1.165) is 12.8 Å². The van der Waals surface area contributed by atoms with Crippen molar-refractivity contribution in [1.29, 1.82) is 5.26 Å². The van der Waals surface area contributed by atoms with Crippen LogP contribution in [-0.2, 0) is 13.0 Å². The number of nitriles is 1. The first-order valence-corrected chi connectivity index (χ1v) is 8.32. The fraction of sp³-hybridized carbons (Fsp3) is 0.300. The molecular weight excluding hydrogens is 315 g/mol. The van der Waals surface area contributed by atoms with Crippen molar-refractivity contribution >= 4 is 5.96 Å². The van der Waals surface area contributed by atoms with Crippen LogP contribution in [-0.4, -0.2) is 19.0 Å². The molecule has 0 spiro atoms. The molecule has 0 fully saturated rings. The Morgan fingerprint density at radius 1 is 1.24 bits per heavy atom. The maximum atomic E-state index is 13.8. The van der Waals surface area contributed by atoms with Crippen molar-refractivity contribution in [2.45, 2.75) is 32.4 Å². The summed E-state index contributed by atoms with van der Waals surface area (Å²) < 4.78 is 13.8. The van der Waals surface area contributed by atoms with Crippen LogP contribution in [0.2, 0.25) is 0 Å². The molecule has 5 heteroatoms. The summed E-state index contributed by atoms with van der Waals surface area (Å²) >= 11 is 0. The second kappa shape index (κ2) is 9.43. The van der Waals surface area contributed by atoms with Crippen molar-refractivity contribution in [3.63, 3.8) is 0 Å². The molecule has 2 N–H and O–H groups in total. The van der Waals surface area contributed by atoms with E-state index in [2.05, 4.69) is 34.7 Å². The molecule has 0 radical (unpaired) electrons. The summed E-state index contributed by atoms with van der Waals surface area (Å²) in [5.41, 5.74) is 2.19. The Bertz CT molecular complexity index is 750. The van der Waals surface area contributed by atoms with E-state index in [9.17, 15) is 4.39 Å². The largest absolute Gasteiger partial charge is 0.354 e. The number of nitrogens with one attached hydrogen (secondary N) is 2. The monoisotopic (exact) mass is 338 g/mol. The standard InChI is InChI=1S/C20H23FN4/c1-15(8-9-16-6-4-3-5-7-16)25-20(23-2)24-14-18-12-17(13-22)10-11-19(18)21/h3-7,10-12,15H,8-9,14H2,1-2H3,(H2,23,24,25). The number of rotatable bonds is 6. The first-order valence-electron chi connectivity index (χ1n) is 8.32. The number of aryl methyl sites for hydroxylation is 1. The summed E-state index contributed by atoms with van der Waals surface area (Å²) in [5.74, 6) is 0.279. The van der Waals surface area contributed by atoms with Crippen molar-refractivity contribution in [3.05, 3.63) is 71.0 Å². The Hall–Kier alpha value is -2.87. The molecule has 0 bridgehead atoms. The van der Waals surface area contributed by atoms with Crippen LogP contribution in [0.3, 0.4) is 0 Å². The lowest BCUT2D eigenvalue weighted by atomic mass is 10.1. The van der Waals surface area contributed by atoms with Crippen LogP contribution in [0.4, 0.5) is 4.39 Å². The molecule has 130 valence electrons. The number of benzene rings is 2. The van der Waals surface area contributed by atoms with Crippen molar-refractivity contribution in [2.24, 2.45) is 4.99 Å². The molecule has 0 amide bonds. The molecule has 0 saturated carbocycles. The summed E-state index contributed by atoms with van der Waals surface area (Å²) in [7, 11) is 1.68. The third-order valence-electron chi connectivity index (χ3n) is 3.94. The van der Waals surface area contributed by atoms with Crippen LogP contribution in [0.15, 0.2) is 53.5 Å². The van der Waals surface area contributed by atoms with Gasteiger partial charge >= 0.3 is 0 Å². The van der Waals surface area contributed by atoms with E-state index in [-0.39, 0.29) is 18.4 Å². The van der Waals surface area contributed by atoms with Crippen LogP contribution >= 0.6 is 0 Å². The van der Waals surface area contributed by atoms with Gasteiger partial charge in [0.15, 0.2) is 5.96 Å². The molecule has 1 atom stereocenters. The maximum Gasteiger partial charge on any atom is 0.191 e. The van der Waals surface area contributed by atoms with Gasteiger partial charge in [0.25, 0.3) is 0 Å². The second-order valence-electron chi connectivity index (χ2n) is 5.91. The minimum atomic E-state index is -0.334. The van der Waals surface area contributed by atoms with E-state index in [1.807, 2.05) is 24.3 Å². The van der Waals surface area contributed by atoms with Gasteiger partial charge in [-0.15, -0.1) is 0 Å². The summed E-state index contributed by atoms with van der Waals surface area (Å²) in [5, 5.41) is 15.3. The molecule has 0 aliphatic rings. The normalized spacial score (nSPS) is 12.3. The van der Waals surface area contributed by atoms with E-state index in [1.54, 1.807) is 13.1 Å². The van der Waals surface area contributed by atoms with Gasteiger partial charge in [-0.05, 0) is 43.5 Å². The number of halogens is 1. The van der Waals surface area contributed by atoms with E-state index >= 15 is 0 Å². The molecular formula is C20H23FN4. The van der Waals surface area contributed by atoms with Gasteiger partial charge in [0.1, 0.15) is 5.82 Å². The zero-order valence-corrected chi connectivity index (χ0v) is 14.6. The maximum absolute atomic E-state index is 13.8. The minimum absolute atomic E-state index is 0.224. The highest BCUT2D eigenvalue weighted by Crippen LogP contribution is 2.10. The van der Waals surface area contributed by atoms with Crippen LogP contribution < -0.4 is 10.6 Å². The fourth-order valence-corrected chi connectivity index (χ4v) is 2.49. The Balaban J connectivity index is 1.85. The van der Waals surface area contributed by atoms with E-state index in [1.165, 1.54) is 17.7 Å². The Labute approximate surface area is 148 Å². The average Bonchev–Trinajstić information content (AvgIpc) is 2.65. The molecule has 1 unspecified atom stereocenters. The lowest BCUT2D eigenvalue weighted by Crippen LogP contribution is -2.42. The number of hydrogen-bond acceptors (Lipinski definition) is 2. The average molecular weight is 338 g/mol. The Kier molecular flexibility index (Phi) is 6.97. The SMILES string of the molecule is CN=C(NCc1cc(C#N)ccc1F)NC(C)CCc1ccccc1. The zero-order valence-electron chi connectivity index (χ0n) is 14.6. The van der Waals surface area contributed by atoms with Gasteiger partial charge in [0.2, 0.25) is 0 Å². The molecule has 2 aromatic rings. The first kappa shape index (κ1) is 18.5. The van der Waals surface area contributed by atoms with E-state index < -0.39 is 0 Å². The van der Waals surface area contributed by atoms with Crippen molar-refractivity contribution < 1.29 is 4.39 Å². The van der Waals surface area contributed by atoms with Crippen LogP contribution in [0.5, 0.6) is 0 Å². The molecule has 0 aliphatic heterocycles. The molecule has 0 saturated heterocycles. The van der Waals surface area contributed by atoms with Gasteiger partial charge in [0, 0.05) is 25.2 Å². The summed E-state index contributed by atoms with van der Waals surface area (Å²) in [6, 6.07) is 16.9. The molecule has 25 heavy (non-hydrogen) atoms. The third-order valence-corrected chi connectivity index (χ3v) is 3.94. The highest BCUT2D eigenvalue weighted by atomic mass is 19.1. The predicted octanol–water partition coefficient (Wildman–Crippen LogP) is 3.38. The number of hydrogen-bond donors (Lipinski definition) is 2. The molecule has 4 nitrogen and oxygen atoms in total. The quantitative estimate of drug-likeness (QED) is 0.627. The molecule has 2 rings (SSSR count). The lowest BCUT2D eigenvalue weighted by Gasteiger charge is -2.18. The van der Waals surface area contributed by atoms with Gasteiger partial charge in [-0.1, -0.05) is 30.3 Å². The summed E-state index contributed by atoms with van der Waals surface area (Å²) in [6.07, 6.45) is 1.94. The van der Waals surface area contributed by atoms with Gasteiger partial charge in [0.05, 0.1) is 11.6 Å². The third kappa shape index (κ3) is 5.92. The van der Waals surface area contributed by atoms with Gasteiger partial charge < -0.3 is 10.6 Å². The van der Waals surface area contributed by atoms with E-state index in [4.69, 9.17) is 5.26 Å². The molecule has 0 aromatic heterocycles. The van der Waals surface area contributed by atoms with Crippen LogP contribution in [0, 0.1) is 17.1 Å². The number of nitrogens with zero attached hydrogens (tertiary/aromatic N) is 2. The van der Waals surface area contributed by atoms with Crippen molar-refractivity contribution in [2.75, 3.05) is 7.05 Å². The van der Waals surface area contributed by atoms with Crippen molar-refractivity contribution in [1.82, 2.24) is 10.6 Å². The lowest BCUT2D eigenvalue weighted by molar-refractivity contribution is 0.584. The fourth-order valence-electron chi connectivity index (χ4n) is 2.49. The highest BCUT2D eigenvalue weighted by molar-refractivity contribution is 5.79. The second-order valence-corrected chi connectivity index (χ2v) is 5.91. The highest BCUT2D eigenvalue weighted by Gasteiger charge is 2.08. The minimum Gasteiger partial charge on any atom is -0.354 e. The zero-order chi connectivity index (χ0) is 18.1. The van der Waals surface area contributed by atoms with Gasteiger partial charge in [-0.3, -0.25) is 4.99 Å². The Morgan fingerprint density at radius 2 is 2.00 bits per heavy atom. The predicted molar refractivity (Wildman–Crippen MR) is 98.7 cm³/mol. The number of guanidine groups is 1. The molecule has 2 aromatic carbocycles. The van der Waals surface area contributed by atoms with Gasteiger partial charge in [-0.2, -0.15) is 5.26 Å². The first-order chi connectivity index (χ1) is 12.1. The van der Waals surface area contributed by atoms with Crippen LogP contribution in [0.25, 0.3) is 0 Å². The summed E-state index contributed by atoms with van der Waals surface area (Å²) in [4.78, 5) is 4.18. The topological polar surface area (TPSA) is 60.2 Å². The number of aliphatic imine (C=N–C) groups is 1. The molecule has 0 aliphatic carbocycles. The van der Waals surface area contributed by atoms with Gasteiger partial charge in [-0.25, -0.2) is 4.39 Å². The van der Waals surface area contributed by atoms with Crippen LogP contribution in [0.1, 0.15) is 30.0 Å². The van der Waals surface area contributed by atoms with E-state index in [0.29, 0.717) is 17.1 Å². The molecule has 0 heterocycles. The summed E-state index contributed by atoms with van der Waals surface area (Å²) in [6.45, 7) is 2.36. The van der Waals surface area contributed by atoms with Crippen molar-refractivity contribution in [3.8, 4) is 6.07 Å².